The van der Waals surface area contributed by atoms with Crippen LogP contribution >= 0.6 is 0 Å². The van der Waals surface area contributed by atoms with Crippen LogP contribution in [0.5, 0.6) is 5.75 Å². The summed E-state index contributed by atoms with van der Waals surface area (Å²) in [5.74, 6) is 0.984. The number of benzene rings is 1. The van der Waals surface area contributed by atoms with E-state index in [-0.39, 0.29) is 0 Å². The lowest BCUT2D eigenvalue weighted by atomic mass is 10.1. The van der Waals surface area contributed by atoms with Crippen molar-refractivity contribution in [2.75, 3.05) is 27.2 Å². The van der Waals surface area contributed by atoms with Gasteiger partial charge in [-0.05, 0) is 40.9 Å². The minimum atomic E-state index is 0.301. The molecule has 1 rings (SSSR count). The molecular formula is C15H26N2O. The van der Waals surface area contributed by atoms with Crippen LogP contribution in [-0.2, 0) is 0 Å². The van der Waals surface area contributed by atoms with Crippen molar-refractivity contribution >= 4 is 0 Å². The van der Waals surface area contributed by atoms with Crippen LogP contribution in [0, 0.1) is 0 Å². The highest BCUT2D eigenvalue weighted by atomic mass is 16.5. The molecule has 3 nitrogen and oxygen atoms in total. The Morgan fingerprint density at radius 2 is 1.89 bits per heavy atom. The van der Waals surface area contributed by atoms with Gasteiger partial charge in [0.2, 0.25) is 0 Å². The fourth-order valence-electron chi connectivity index (χ4n) is 1.77. The Labute approximate surface area is 111 Å². The van der Waals surface area contributed by atoms with Crippen molar-refractivity contribution in [1.82, 2.24) is 10.2 Å². The van der Waals surface area contributed by atoms with Crippen LogP contribution in [0.3, 0.4) is 0 Å². The van der Waals surface area contributed by atoms with E-state index >= 15 is 0 Å². The molecule has 0 aliphatic rings. The van der Waals surface area contributed by atoms with Crippen LogP contribution in [0.4, 0.5) is 0 Å². The minimum absolute atomic E-state index is 0.301. The predicted octanol–water partition coefficient (Wildman–Crippen LogP) is 2.69. The van der Waals surface area contributed by atoms with Crippen molar-refractivity contribution in [3.63, 3.8) is 0 Å². The molecule has 0 spiro atoms. The third kappa shape index (κ3) is 4.31. The second-order valence-electron chi connectivity index (χ2n) is 4.91. The van der Waals surface area contributed by atoms with Gasteiger partial charge in [0.1, 0.15) is 5.75 Å². The summed E-state index contributed by atoms with van der Waals surface area (Å²) in [6.45, 7) is 8.09. The largest absolute Gasteiger partial charge is 0.494 e. The first-order valence-electron chi connectivity index (χ1n) is 6.67. The zero-order valence-corrected chi connectivity index (χ0v) is 12.2. The summed E-state index contributed by atoms with van der Waals surface area (Å²) in [4.78, 5) is 2.22. The first-order chi connectivity index (χ1) is 8.56. The van der Waals surface area contributed by atoms with Crippen LogP contribution in [0.2, 0.25) is 0 Å². The number of hydrogen-bond acceptors (Lipinski definition) is 3. The van der Waals surface area contributed by atoms with Crippen molar-refractivity contribution in [3.8, 4) is 5.75 Å². The van der Waals surface area contributed by atoms with E-state index in [0.29, 0.717) is 18.7 Å². The zero-order chi connectivity index (χ0) is 13.5. The molecule has 0 saturated heterocycles. The third-order valence-corrected chi connectivity index (χ3v) is 3.29. The molecule has 0 aliphatic heterocycles. The molecule has 1 N–H and O–H groups in total. The second-order valence-corrected chi connectivity index (χ2v) is 4.91. The van der Waals surface area contributed by atoms with Crippen LogP contribution in [0.1, 0.15) is 32.4 Å². The van der Waals surface area contributed by atoms with Gasteiger partial charge in [-0.1, -0.05) is 18.2 Å². The summed E-state index contributed by atoms with van der Waals surface area (Å²) < 4.78 is 5.66. The normalized spacial score (nSPS) is 14.6. The summed E-state index contributed by atoms with van der Waals surface area (Å²) in [5, 5.41) is 3.56. The van der Waals surface area contributed by atoms with E-state index in [0.717, 1.165) is 12.3 Å². The van der Waals surface area contributed by atoms with Gasteiger partial charge in [-0.15, -0.1) is 0 Å². The van der Waals surface area contributed by atoms with Crippen molar-refractivity contribution in [3.05, 3.63) is 29.8 Å². The molecule has 3 heteroatoms. The lowest BCUT2D eigenvalue weighted by Gasteiger charge is -2.24. The third-order valence-electron chi connectivity index (χ3n) is 3.29. The molecule has 0 aromatic heterocycles. The fraction of sp³-hybridized carbons (Fsp3) is 0.600. The molecule has 0 aliphatic carbocycles. The van der Waals surface area contributed by atoms with E-state index in [9.17, 15) is 0 Å². The van der Waals surface area contributed by atoms with Gasteiger partial charge in [0.05, 0.1) is 6.61 Å². The van der Waals surface area contributed by atoms with Crippen LogP contribution in [0.15, 0.2) is 24.3 Å². The number of nitrogens with zero attached hydrogens (tertiary/aromatic N) is 1. The molecule has 1 aromatic carbocycles. The van der Waals surface area contributed by atoms with Gasteiger partial charge in [0, 0.05) is 24.2 Å². The average Bonchev–Trinajstić information content (AvgIpc) is 2.36. The molecule has 102 valence electrons. The number of nitrogens with one attached hydrogen (secondary N) is 1. The molecular weight excluding hydrogens is 224 g/mol. The van der Waals surface area contributed by atoms with E-state index in [4.69, 9.17) is 4.74 Å². The van der Waals surface area contributed by atoms with Crippen molar-refractivity contribution in [2.24, 2.45) is 0 Å². The topological polar surface area (TPSA) is 24.5 Å². The maximum atomic E-state index is 5.66. The van der Waals surface area contributed by atoms with Gasteiger partial charge in [-0.3, -0.25) is 0 Å². The molecule has 18 heavy (non-hydrogen) atoms. The maximum absolute atomic E-state index is 5.66. The maximum Gasteiger partial charge on any atom is 0.124 e. The van der Waals surface area contributed by atoms with E-state index in [2.05, 4.69) is 50.3 Å². The Kier molecular flexibility index (Phi) is 6.16. The average molecular weight is 250 g/mol. The van der Waals surface area contributed by atoms with Gasteiger partial charge in [-0.2, -0.15) is 0 Å². The number of rotatable bonds is 7. The summed E-state index contributed by atoms with van der Waals surface area (Å²) in [5.41, 5.74) is 1.23. The van der Waals surface area contributed by atoms with E-state index in [1.165, 1.54) is 5.56 Å². The quantitative estimate of drug-likeness (QED) is 0.805. The molecule has 0 saturated carbocycles. The summed E-state index contributed by atoms with van der Waals surface area (Å²) in [6.07, 6.45) is 0. The number of likely N-dealkylation sites (N-methyl/N-ethyl adjacent to an activating group) is 1. The van der Waals surface area contributed by atoms with Crippen molar-refractivity contribution < 1.29 is 4.74 Å². The highest BCUT2D eigenvalue weighted by molar-refractivity contribution is 5.35. The van der Waals surface area contributed by atoms with Crippen molar-refractivity contribution in [2.45, 2.75) is 32.9 Å². The summed E-state index contributed by atoms with van der Waals surface area (Å²) in [6, 6.07) is 9.06. The highest BCUT2D eigenvalue weighted by Gasteiger charge is 2.12. The fourth-order valence-corrected chi connectivity index (χ4v) is 1.77. The smallest absolute Gasteiger partial charge is 0.124 e. The van der Waals surface area contributed by atoms with Gasteiger partial charge in [0.15, 0.2) is 0 Å². The van der Waals surface area contributed by atoms with Crippen molar-refractivity contribution in [1.29, 1.82) is 0 Å². The van der Waals surface area contributed by atoms with E-state index in [1.807, 2.05) is 19.1 Å². The van der Waals surface area contributed by atoms with E-state index in [1.54, 1.807) is 0 Å². The van der Waals surface area contributed by atoms with Crippen LogP contribution < -0.4 is 10.1 Å². The zero-order valence-electron chi connectivity index (χ0n) is 12.2. The lowest BCUT2D eigenvalue weighted by Crippen LogP contribution is -2.36. The van der Waals surface area contributed by atoms with Crippen LogP contribution in [-0.4, -0.2) is 38.2 Å². The second kappa shape index (κ2) is 7.39. The van der Waals surface area contributed by atoms with Gasteiger partial charge in [0.25, 0.3) is 0 Å². The minimum Gasteiger partial charge on any atom is -0.494 e. The molecule has 2 unspecified atom stereocenters. The molecule has 0 heterocycles. The SMILES string of the molecule is CCOc1ccccc1C(C)NCC(C)N(C)C. The molecule has 0 amide bonds. The standard InChI is InChI=1S/C15H26N2O/c1-6-18-15-10-8-7-9-14(15)13(3)16-11-12(2)17(4)5/h7-10,12-13,16H,6,11H2,1-5H3. The van der Waals surface area contributed by atoms with E-state index < -0.39 is 0 Å². The Balaban J connectivity index is 2.63. The molecule has 0 fully saturated rings. The van der Waals surface area contributed by atoms with Gasteiger partial charge >= 0.3 is 0 Å². The highest BCUT2D eigenvalue weighted by Crippen LogP contribution is 2.24. The number of hydrogen-bond donors (Lipinski definition) is 1. The first kappa shape index (κ1) is 15.0. The Bertz CT molecular complexity index is 352. The Morgan fingerprint density at radius 1 is 1.22 bits per heavy atom. The number of ether oxygens (including phenoxy) is 1. The lowest BCUT2D eigenvalue weighted by molar-refractivity contribution is 0.292. The molecule has 2 atom stereocenters. The predicted molar refractivity (Wildman–Crippen MR) is 77.2 cm³/mol. The Hall–Kier alpha value is -1.06. The number of para-hydroxylation sites is 1. The monoisotopic (exact) mass is 250 g/mol. The first-order valence-corrected chi connectivity index (χ1v) is 6.67. The Morgan fingerprint density at radius 3 is 2.50 bits per heavy atom. The summed E-state index contributed by atoms with van der Waals surface area (Å²) >= 11 is 0. The van der Waals surface area contributed by atoms with Crippen LogP contribution in [0.25, 0.3) is 0 Å². The van der Waals surface area contributed by atoms with Gasteiger partial charge in [-0.25, -0.2) is 0 Å². The molecule has 0 bridgehead atoms. The molecule has 1 aromatic rings. The molecule has 0 radical (unpaired) electrons. The van der Waals surface area contributed by atoms with Gasteiger partial charge < -0.3 is 15.0 Å². The summed E-state index contributed by atoms with van der Waals surface area (Å²) in [7, 11) is 4.20.